The SMILES string of the molecule is O=C(OS1(C(F)(F)F)C(C2CCCCC2)=Cc2ccccc21)C(F)(F)F. The molecule has 1 fully saturated rings. The fourth-order valence-electron chi connectivity index (χ4n) is 3.52. The van der Waals surface area contributed by atoms with Crippen LogP contribution in [0.15, 0.2) is 34.1 Å². The minimum atomic E-state index is -5.50. The van der Waals surface area contributed by atoms with E-state index in [0.717, 1.165) is 12.5 Å². The van der Waals surface area contributed by atoms with Crippen LogP contribution in [-0.4, -0.2) is 17.7 Å². The third-order valence-electron chi connectivity index (χ3n) is 4.62. The zero-order valence-corrected chi connectivity index (χ0v) is 14.3. The van der Waals surface area contributed by atoms with Gasteiger partial charge >= 0.3 is 17.7 Å². The second kappa shape index (κ2) is 6.51. The van der Waals surface area contributed by atoms with Crippen LogP contribution in [0.1, 0.15) is 37.7 Å². The van der Waals surface area contributed by atoms with Crippen LogP contribution in [0.5, 0.6) is 0 Å². The van der Waals surface area contributed by atoms with Gasteiger partial charge in [-0.1, -0.05) is 37.5 Å². The summed E-state index contributed by atoms with van der Waals surface area (Å²) in [5.41, 5.74) is -4.97. The number of hydrogen-bond donors (Lipinski definition) is 0. The fourth-order valence-corrected chi connectivity index (χ4v) is 6.62. The number of hydrogen-bond acceptors (Lipinski definition) is 2. The van der Waals surface area contributed by atoms with Gasteiger partial charge in [0.2, 0.25) is 0 Å². The third kappa shape index (κ3) is 3.10. The van der Waals surface area contributed by atoms with Crippen LogP contribution in [0.4, 0.5) is 26.3 Å². The van der Waals surface area contributed by atoms with E-state index in [2.05, 4.69) is 4.18 Å². The average Bonchev–Trinajstić information content (AvgIpc) is 2.90. The Morgan fingerprint density at radius 2 is 1.62 bits per heavy atom. The van der Waals surface area contributed by atoms with Crippen molar-refractivity contribution in [2.24, 2.45) is 5.92 Å². The first-order valence-electron chi connectivity index (χ1n) is 8.08. The van der Waals surface area contributed by atoms with Crippen molar-refractivity contribution in [1.29, 1.82) is 0 Å². The Kier molecular flexibility index (Phi) is 4.79. The quantitative estimate of drug-likeness (QED) is 0.545. The van der Waals surface area contributed by atoms with Crippen LogP contribution < -0.4 is 0 Å². The third-order valence-corrected chi connectivity index (χ3v) is 7.78. The molecule has 0 bridgehead atoms. The molecule has 26 heavy (non-hydrogen) atoms. The molecular weight excluding hydrogens is 382 g/mol. The number of fused-ring (bicyclic) bond motifs is 1. The van der Waals surface area contributed by atoms with E-state index in [-0.39, 0.29) is 15.4 Å². The van der Waals surface area contributed by atoms with Crippen LogP contribution in [0.25, 0.3) is 6.08 Å². The molecule has 2 nitrogen and oxygen atoms in total. The van der Waals surface area contributed by atoms with Gasteiger partial charge in [-0.3, -0.25) is 0 Å². The van der Waals surface area contributed by atoms with Crippen LogP contribution in [0, 0.1) is 5.92 Å². The van der Waals surface area contributed by atoms with E-state index in [9.17, 15) is 31.1 Å². The first kappa shape index (κ1) is 19.1. The number of allylic oxidation sites excluding steroid dienone is 1. The molecule has 9 heteroatoms. The van der Waals surface area contributed by atoms with Gasteiger partial charge in [0.15, 0.2) is 0 Å². The number of halogens is 6. The van der Waals surface area contributed by atoms with Gasteiger partial charge in [-0.25, -0.2) is 4.79 Å². The Bertz CT molecular complexity index is 734. The lowest BCUT2D eigenvalue weighted by Crippen LogP contribution is -2.34. The molecule has 1 heterocycles. The Morgan fingerprint density at radius 1 is 1.00 bits per heavy atom. The summed E-state index contributed by atoms with van der Waals surface area (Å²) in [6, 6.07) is 5.32. The highest BCUT2D eigenvalue weighted by atomic mass is 32.3. The van der Waals surface area contributed by atoms with Crippen molar-refractivity contribution in [3.05, 3.63) is 34.7 Å². The molecule has 1 aliphatic carbocycles. The Hall–Kier alpha value is -1.64. The zero-order chi connectivity index (χ0) is 19.2. The molecule has 1 aromatic rings. The van der Waals surface area contributed by atoms with E-state index in [1.165, 1.54) is 24.3 Å². The second-order valence-electron chi connectivity index (χ2n) is 6.29. The van der Waals surface area contributed by atoms with E-state index in [0.29, 0.717) is 25.7 Å². The smallest absolute Gasteiger partial charge is 0.392 e. The fraction of sp³-hybridized carbons (Fsp3) is 0.471. The summed E-state index contributed by atoms with van der Waals surface area (Å²) in [6.45, 7) is 0. The van der Waals surface area contributed by atoms with Crippen LogP contribution in [0.2, 0.25) is 0 Å². The van der Waals surface area contributed by atoms with Gasteiger partial charge in [-0.05, 0) is 36.5 Å². The minimum Gasteiger partial charge on any atom is -0.392 e. The van der Waals surface area contributed by atoms with Crippen molar-refractivity contribution >= 4 is 22.4 Å². The van der Waals surface area contributed by atoms with E-state index in [1.54, 1.807) is 0 Å². The average molecular weight is 398 g/mol. The van der Waals surface area contributed by atoms with E-state index >= 15 is 0 Å². The number of rotatable bonds is 2. The summed E-state index contributed by atoms with van der Waals surface area (Å²) >= 11 is 0. The topological polar surface area (TPSA) is 26.3 Å². The molecule has 2 aliphatic rings. The molecule has 0 spiro atoms. The highest BCUT2D eigenvalue weighted by Crippen LogP contribution is 2.79. The molecule has 1 aromatic carbocycles. The molecule has 1 unspecified atom stereocenters. The molecule has 0 saturated heterocycles. The van der Waals surface area contributed by atoms with Crippen LogP contribution >= 0.6 is 10.3 Å². The predicted molar refractivity (Wildman–Crippen MR) is 85.1 cm³/mol. The summed E-state index contributed by atoms with van der Waals surface area (Å²) in [7, 11) is -4.57. The van der Waals surface area contributed by atoms with Gasteiger partial charge in [0, 0.05) is 9.80 Å². The van der Waals surface area contributed by atoms with Crippen molar-refractivity contribution in [3.63, 3.8) is 0 Å². The molecule has 3 rings (SSSR count). The van der Waals surface area contributed by atoms with Gasteiger partial charge in [0.1, 0.15) is 0 Å². The van der Waals surface area contributed by atoms with E-state index < -0.39 is 33.9 Å². The Morgan fingerprint density at radius 3 is 2.19 bits per heavy atom. The molecule has 1 atom stereocenters. The maximum atomic E-state index is 14.2. The normalized spacial score (nSPS) is 26.6. The van der Waals surface area contributed by atoms with Gasteiger partial charge in [-0.2, -0.15) is 26.3 Å². The van der Waals surface area contributed by atoms with Gasteiger partial charge in [-0.15, -0.1) is 0 Å². The number of benzene rings is 1. The first-order valence-corrected chi connectivity index (χ1v) is 9.64. The highest BCUT2D eigenvalue weighted by molar-refractivity contribution is 8.34. The highest BCUT2D eigenvalue weighted by Gasteiger charge is 2.63. The van der Waals surface area contributed by atoms with Gasteiger partial charge in [0.25, 0.3) is 0 Å². The largest absolute Gasteiger partial charge is 0.491 e. The lowest BCUT2D eigenvalue weighted by molar-refractivity contribution is -0.190. The molecule has 1 saturated carbocycles. The van der Waals surface area contributed by atoms with Crippen molar-refractivity contribution in [2.45, 2.75) is 48.7 Å². The van der Waals surface area contributed by atoms with Gasteiger partial charge < -0.3 is 4.18 Å². The lowest BCUT2D eigenvalue weighted by Gasteiger charge is -2.42. The molecule has 0 radical (unpaired) electrons. The summed E-state index contributed by atoms with van der Waals surface area (Å²) in [6.07, 6.45) is -1.09. The monoisotopic (exact) mass is 398 g/mol. The van der Waals surface area contributed by atoms with Crippen LogP contribution in [-0.2, 0) is 8.98 Å². The summed E-state index contributed by atoms with van der Waals surface area (Å²) in [5, 5.41) is 0. The minimum absolute atomic E-state index is 0.162. The van der Waals surface area contributed by atoms with Crippen molar-refractivity contribution in [2.75, 3.05) is 0 Å². The Labute approximate surface area is 147 Å². The second-order valence-corrected chi connectivity index (χ2v) is 8.94. The van der Waals surface area contributed by atoms with E-state index in [4.69, 9.17) is 0 Å². The maximum Gasteiger partial charge on any atom is 0.491 e. The van der Waals surface area contributed by atoms with Crippen LogP contribution in [0.3, 0.4) is 0 Å². The number of carbonyl (C=O) groups is 1. The van der Waals surface area contributed by atoms with Crippen molar-refractivity contribution in [3.8, 4) is 0 Å². The predicted octanol–water partition coefficient (Wildman–Crippen LogP) is 6.33. The molecule has 144 valence electrons. The summed E-state index contributed by atoms with van der Waals surface area (Å²) in [5.74, 6) is -3.35. The Balaban J connectivity index is 2.17. The first-order chi connectivity index (χ1) is 12.1. The maximum absolute atomic E-state index is 14.2. The van der Waals surface area contributed by atoms with Gasteiger partial charge in [0.05, 0.1) is 10.3 Å². The van der Waals surface area contributed by atoms with E-state index in [1.807, 2.05) is 0 Å². The lowest BCUT2D eigenvalue weighted by atomic mass is 9.88. The standard InChI is InChI=1S/C17H16F6O2S/c18-16(19,20)15(24)25-26(17(21,22)23)13-9-5-4-8-12(13)10-14(26)11-6-2-1-3-7-11/h4-5,8-11H,1-3,6-7H2. The summed E-state index contributed by atoms with van der Waals surface area (Å²) in [4.78, 5) is 10.9. The summed E-state index contributed by atoms with van der Waals surface area (Å²) < 4.78 is 85.2. The van der Waals surface area contributed by atoms with Crippen molar-refractivity contribution in [1.82, 2.24) is 0 Å². The van der Waals surface area contributed by atoms with Crippen molar-refractivity contribution < 1.29 is 35.3 Å². The molecular formula is C17H16F6O2S. The molecule has 1 aliphatic heterocycles. The molecule has 0 aromatic heterocycles. The number of alkyl halides is 6. The molecule has 0 amide bonds. The zero-order valence-electron chi connectivity index (χ0n) is 13.5. The number of carbonyl (C=O) groups excluding carboxylic acids is 1. The molecule has 0 N–H and O–H groups in total.